The highest BCUT2D eigenvalue weighted by Crippen LogP contribution is 2.30. The van der Waals surface area contributed by atoms with E-state index in [1.165, 1.54) is 0 Å². The van der Waals surface area contributed by atoms with Crippen molar-refractivity contribution in [2.45, 2.75) is 25.9 Å². The molecule has 1 aromatic rings. The summed E-state index contributed by atoms with van der Waals surface area (Å²) in [5.41, 5.74) is 7.32. The number of piperidine rings is 1. The number of aliphatic hydroxyl groups excluding tert-OH is 1. The lowest BCUT2D eigenvalue weighted by Crippen LogP contribution is -2.41. The highest BCUT2D eigenvalue weighted by atomic mass is 79.9. The molecule has 0 spiro atoms. The van der Waals surface area contributed by atoms with E-state index in [1.807, 2.05) is 18.2 Å². The molecule has 1 saturated heterocycles. The highest BCUT2D eigenvalue weighted by Gasteiger charge is 2.24. The molecular weight excluding hydrogens is 308 g/mol. The zero-order chi connectivity index (χ0) is 14.0. The van der Waals surface area contributed by atoms with Crippen molar-refractivity contribution >= 4 is 27.5 Å². The van der Waals surface area contributed by atoms with Crippen LogP contribution in [0, 0.1) is 5.92 Å². The molecule has 4 nitrogen and oxygen atoms in total. The summed E-state index contributed by atoms with van der Waals surface area (Å²) < 4.78 is 0.890. The first-order valence-electron chi connectivity index (χ1n) is 6.51. The summed E-state index contributed by atoms with van der Waals surface area (Å²) in [6, 6.07) is 5.89. The third-order valence-electron chi connectivity index (χ3n) is 3.62. The lowest BCUT2D eigenvalue weighted by Gasteiger charge is -2.33. The molecule has 0 saturated carbocycles. The Hall–Kier alpha value is -1.07. The van der Waals surface area contributed by atoms with Crippen LogP contribution in [0.4, 0.5) is 5.69 Å². The van der Waals surface area contributed by atoms with Crippen molar-refractivity contribution in [1.29, 1.82) is 0 Å². The van der Waals surface area contributed by atoms with Crippen molar-refractivity contribution in [3.05, 3.63) is 28.2 Å². The molecule has 1 fully saturated rings. The lowest BCUT2D eigenvalue weighted by atomic mass is 9.97. The van der Waals surface area contributed by atoms with Gasteiger partial charge >= 0.3 is 0 Å². The first kappa shape index (κ1) is 14.3. The van der Waals surface area contributed by atoms with E-state index in [1.54, 1.807) is 6.92 Å². The molecule has 5 heteroatoms. The Morgan fingerprint density at radius 2 is 2.32 bits per heavy atom. The fraction of sp³-hybridized carbons (Fsp3) is 0.500. The summed E-state index contributed by atoms with van der Waals surface area (Å²) in [5, 5.41) is 9.62. The number of halogens is 1. The topological polar surface area (TPSA) is 66.6 Å². The van der Waals surface area contributed by atoms with Gasteiger partial charge in [0.15, 0.2) is 0 Å². The molecule has 1 aliphatic rings. The average Bonchev–Trinajstić information content (AvgIpc) is 2.38. The number of nitrogens with two attached hydrogens (primary N) is 1. The van der Waals surface area contributed by atoms with Crippen LogP contribution in [0.5, 0.6) is 0 Å². The maximum atomic E-state index is 11.3. The summed E-state index contributed by atoms with van der Waals surface area (Å²) in [7, 11) is 0. The Morgan fingerprint density at radius 3 is 2.89 bits per heavy atom. The zero-order valence-electron chi connectivity index (χ0n) is 11.0. The molecule has 0 bridgehead atoms. The first-order chi connectivity index (χ1) is 8.99. The van der Waals surface area contributed by atoms with Crippen molar-refractivity contribution in [3.8, 4) is 0 Å². The molecule has 19 heavy (non-hydrogen) atoms. The van der Waals surface area contributed by atoms with Crippen LogP contribution in [0.1, 0.15) is 31.4 Å². The maximum Gasteiger partial charge on any atom is 0.222 e. The number of rotatable bonds is 3. The minimum atomic E-state index is -0.497. The zero-order valence-corrected chi connectivity index (χ0v) is 12.6. The molecule has 1 unspecified atom stereocenters. The predicted octanol–water partition coefficient (Wildman–Crippen LogP) is 2.20. The average molecular weight is 327 g/mol. The third kappa shape index (κ3) is 3.28. The highest BCUT2D eigenvalue weighted by molar-refractivity contribution is 9.10. The van der Waals surface area contributed by atoms with Gasteiger partial charge < -0.3 is 15.7 Å². The number of aliphatic hydroxyl groups is 1. The smallest absolute Gasteiger partial charge is 0.222 e. The van der Waals surface area contributed by atoms with Gasteiger partial charge in [-0.1, -0.05) is 22.0 Å². The van der Waals surface area contributed by atoms with Crippen LogP contribution in [0.25, 0.3) is 0 Å². The summed E-state index contributed by atoms with van der Waals surface area (Å²) in [6.07, 6.45) is 1.35. The van der Waals surface area contributed by atoms with Gasteiger partial charge in [0.05, 0.1) is 12.0 Å². The van der Waals surface area contributed by atoms with Crippen molar-refractivity contribution in [2.75, 3.05) is 18.0 Å². The normalized spacial score (nSPS) is 21.2. The van der Waals surface area contributed by atoms with Crippen LogP contribution in [0.15, 0.2) is 22.7 Å². The maximum absolute atomic E-state index is 11.3. The van der Waals surface area contributed by atoms with Gasteiger partial charge in [-0.05, 0) is 37.5 Å². The van der Waals surface area contributed by atoms with Crippen LogP contribution >= 0.6 is 15.9 Å². The van der Waals surface area contributed by atoms with Crippen LogP contribution in [-0.4, -0.2) is 24.1 Å². The SMILES string of the molecule is C[C@@H](O)c1ccc(N2CCCC(C(N)=O)C2)cc1Br. The molecule has 0 aromatic heterocycles. The second-order valence-electron chi connectivity index (χ2n) is 5.07. The van der Waals surface area contributed by atoms with E-state index in [0.29, 0.717) is 6.54 Å². The van der Waals surface area contributed by atoms with Crippen molar-refractivity contribution in [2.24, 2.45) is 11.7 Å². The number of carbonyl (C=O) groups is 1. The molecule has 2 rings (SSSR count). The monoisotopic (exact) mass is 326 g/mol. The van der Waals surface area contributed by atoms with Crippen molar-refractivity contribution in [3.63, 3.8) is 0 Å². The Bertz CT molecular complexity index is 477. The predicted molar refractivity (Wildman–Crippen MR) is 78.9 cm³/mol. The number of anilines is 1. The van der Waals surface area contributed by atoms with E-state index in [4.69, 9.17) is 5.73 Å². The number of primary amides is 1. The number of carbonyl (C=O) groups excluding carboxylic acids is 1. The first-order valence-corrected chi connectivity index (χ1v) is 7.30. The molecule has 3 N–H and O–H groups in total. The van der Waals surface area contributed by atoms with E-state index < -0.39 is 6.10 Å². The second kappa shape index (κ2) is 5.92. The van der Waals surface area contributed by atoms with Gasteiger partial charge in [-0.3, -0.25) is 4.79 Å². The minimum absolute atomic E-state index is 0.0658. The van der Waals surface area contributed by atoms with E-state index >= 15 is 0 Å². The summed E-state index contributed by atoms with van der Waals surface area (Å²) in [6.45, 7) is 3.35. The molecular formula is C14H19BrN2O2. The number of nitrogens with zero attached hydrogens (tertiary/aromatic N) is 1. The van der Waals surface area contributed by atoms with Gasteiger partial charge in [0.2, 0.25) is 5.91 Å². The molecule has 2 atom stereocenters. The van der Waals surface area contributed by atoms with Gasteiger partial charge in [-0.25, -0.2) is 0 Å². The van der Waals surface area contributed by atoms with Crippen LogP contribution in [-0.2, 0) is 4.79 Å². The molecule has 0 aliphatic carbocycles. The van der Waals surface area contributed by atoms with Gasteiger partial charge in [0, 0.05) is 23.2 Å². The van der Waals surface area contributed by atoms with E-state index in [9.17, 15) is 9.90 Å². The Labute approximate surface area is 121 Å². The van der Waals surface area contributed by atoms with Crippen LogP contribution in [0.2, 0.25) is 0 Å². The Balaban J connectivity index is 2.18. The molecule has 0 radical (unpaired) electrons. The van der Waals surface area contributed by atoms with E-state index in [-0.39, 0.29) is 11.8 Å². The van der Waals surface area contributed by atoms with Crippen molar-refractivity contribution < 1.29 is 9.90 Å². The Morgan fingerprint density at radius 1 is 1.58 bits per heavy atom. The van der Waals surface area contributed by atoms with Crippen molar-refractivity contribution in [1.82, 2.24) is 0 Å². The van der Waals surface area contributed by atoms with E-state index in [2.05, 4.69) is 20.8 Å². The molecule has 1 heterocycles. The lowest BCUT2D eigenvalue weighted by molar-refractivity contribution is -0.122. The minimum Gasteiger partial charge on any atom is -0.389 e. The summed E-state index contributed by atoms with van der Waals surface area (Å²) >= 11 is 3.48. The van der Waals surface area contributed by atoms with Gasteiger partial charge in [0.1, 0.15) is 0 Å². The fourth-order valence-electron chi connectivity index (χ4n) is 2.50. The summed E-state index contributed by atoms with van der Waals surface area (Å²) in [5.74, 6) is -0.284. The summed E-state index contributed by atoms with van der Waals surface area (Å²) in [4.78, 5) is 13.5. The number of hydrogen-bond acceptors (Lipinski definition) is 3. The third-order valence-corrected chi connectivity index (χ3v) is 4.31. The Kier molecular flexibility index (Phi) is 4.47. The quantitative estimate of drug-likeness (QED) is 0.894. The van der Waals surface area contributed by atoms with Crippen LogP contribution < -0.4 is 10.6 Å². The molecule has 1 amide bonds. The molecule has 1 aliphatic heterocycles. The standard InChI is InChI=1S/C14H19BrN2O2/c1-9(18)12-5-4-11(7-13(12)15)17-6-2-3-10(8-17)14(16)19/h4-5,7,9-10,18H,2-3,6,8H2,1H3,(H2,16,19)/t9-,10?/m1/s1. The van der Waals surface area contributed by atoms with Gasteiger partial charge in [0.25, 0.3) is 0 Å². The van der Waals surface area contributed by atoms with Gasteiger partial charge in [-0.15, -0.1) is 0 Å². The second-order valence-corrected chi connectivity index (χ2v) is 5.92. The number of benzene rings is 1. The molecule has 1 aromatic carbocycles. The van der Waals surface area contributed by atoms with E-state index in [0.717, 1.165) is 35.1 Å². The number of amides is 1. The van der Waals surface area contributed by atoms with Gasteiger partial charge in [-0.2, -0.15) is 0 Å². The largest absolute Gasteiger partial charge is 0.389 e. The van der Waals surface area contributed by atoms with Crippen LogP contribution in [0.3, 0.4) is 0 Å². The number of hydrogen-bond donors (Lipinski definition) is 2. The fourth-order valence-corrected chi connectivity index (χ4v) is 3.19. The molecule has 104 valence electrons.